The average molecular weight is 180 g/mol. The predicted octanol–water partition coefficient (Wildman–Crippen LogP) is 0.588. The lowest BCUT2D eigenvalue weighted by molar-refractivity contribution is -0.148. The van der Waals surface area contributed by atoms with E-state index in [1.807, 2.05) is 0 Å². The summed E-state index contributed by atoms with van der Waals surface area (Å²) in [4.78, 5) is 20.9. The molecule has 0 heterocycles. The van der Waals surface area contributed by atoms with Crippen molar-refractivity contribution in [2.45, 2.75) is 6.42 Å². The van der Waals surface area contributed by atoms with Crippen LogP contribution < -0.4 is 0 Å². The summed E-state index contributed by atoms with van der Waals surface area (Å²) in [6, 6.07) is 6.15. The molecule has 0 saturated carbocycles. The number of aromatic hydroxyl groups is 1. The number of ketones is 1. The van der Waals surface area contributed by atoms with Crippen molar-refractivity contribution in [3.8, 4) is 5.75 Å². The molecule has 0 aliphatic heterocycles. The number of carbonyl (C=O) groups excluding carboxylic acids is 1. The Morgan fingerprint density at radius 3 is 2.38 bits per heavy atom. The van der Waals surface area contributed by atoms with Crippen molar-refractivity contribution in [3.63, 3.8) is 0 Å². The maximum Gasteiger partial charge on any atom is 0.372 e. The second-order valence-corrected chi connectivity index (χ2v) is 2.53. The number of Topliss-reactive ketones (excluding diaryl/α,β-unsaturated/α-hetero) is 1. The first-order chi connectivity index (χ1) is 6.11. The Bertz CT molecular complexity index is 343. The molecule has 0 unspecified atom stereocenters. The second-order valence-electron chi connectivity index (χ2n) is 2.53. The van der Waals surface area contributed by atoms with E-state index in [2.05, 4.69) is 0 Å². The molecule has 1 aromatic carbocycles. The molecule has 0 amide bonds. The Hall–Kier alpha value is -1.84. The lowest BCUT2D eigenvalue weighted by Crippen LogP contribution is -2.14. The van der Waals surface area contributed by atoms with E-state index in [9.17, 15) is 14.7 Å². The van der Waals surface area contributed by atoms with Crippen molar-refractivity contribution in [2.24, 2.45) is 0 Å². The molecule has 0 atom stereocenters. The SMILES string of the molecule is O=C(O)C(=O)Cc1ccccc1O. The van der Waals surface area contributed by atoms with Gasteiger partial charge in [-0.3, -0.25) is 4.79 Å². The zero-order chi connectivity index (χ0) is 9.84. The number of rotatable bonds is 3. The molecule has 0 radical (unpaired) electrons. The van der Waals surface area contributed by atoms with E-state index in [1.54, 1.807) is 12.1 Å². The molecular formula is C9H8O4. The number of carboxylic acid groups (broad SMARTS) is 1. The van der Waals surface area contributed by atoms with Gasteiger partial charge >= 0.3 is 5.97 Å². The van der Waals surface area contributed by atoms with Gasteiger partial charge in [-0.2, -0.15) is 0 Å². The van der Waals surface area contributed by atoms with Crippen LogP contribution in [-0.2, 0) is 16.0 Å². The first kappa shape index (κ1) is 9.25. The molecule has 13 heavy (non-hydrogen) atoms. The van der Waals surface area contributed by atoms with Crippen LogP contribution in [0.25, 0.3) is 0 Å². The van der Waals surface area contributed by atoms with E-state index in [1.165, 1.54) is 12.1 Å². The van der Waals surface area contributed by atoms with Gasteiger partial charge in [0, 0.05) is 12.0 Å². The molecule has 0 aliphatic carbocycles. The zero-order valence-corrected chi connectivity index (χ0v) is 6.73. The molecule has 1 aromatic rings. The van der Waals surface area contributed by atoms with Crippen LogP contribution in [0.4, 0.5) is 0 Å². The lowest BCUT2D eigenvalue weighted by Gasteiger charge is -1.99. The van der Waals surface area contributed by atoms with E-state index < -0.39 is 11.8 Å². The van der Waals surface area contributed by atoms with Crippen LogP contribution in [0, 0.1) is 0 Å². The van der Waals surface area contributed by atoms with Crippen molar-refractivity contribution in [1.29, 1.82) is 0 Å². The van der Waals surface area contributed by atoms with Crippen molar-refractivity contribution >= 4 is 11.8 Å². The van der Waals surface area contributed by atoms with Crippen molar-refractivity contribution in [2.75, 3.05) is 0 Å². The minimum absolute atomic E-state index is 0.0582. The van der Waals surface area contributed by atoms with Gasteiger partial charge in [0.15, 0.2) is 0 Å². The van der Waals surface area contributed by atoms with E-state index in [0.29, 0.717) is 5.56 Å². The van der Waals surface area contributed by atoms with Gasteiger partial charge in [0.05, 0.1) is 0 Å². The third kappa shape index (κ3) is 2.30. The summed E-state index contributed by atoms with van der Waals surface area (Å²) in [5.74, 6) is -2.47. The molecular weight excluding hydrogens is 172 g/mol. The number of phenols is 1. The highest BCUT2D eigenvalue weighted by Crippen LogP contribution is 2.15. The highest BCUT2D eigenvalue weighted by atomic mass is 16.4. The number of hydrogen-bond donors (Lipinski definition) is 2. The summed E-state index contributed by atoms with van der Waals surface area (Å²) < 4.78 is 0. The first-order valence-corrected chi connectivity index (χ1v) is 3.64. The Labute approximate surface area is 74.4 Å². The lowest BCUT2D eigenvalue weighted by atomic mass is 10.1. The fourth-order valence-electron chi connectivity index (χ4n) is 0.909. The van der Waals surface area contributed by atoms with Crippen LogP contribution in [-0.4, -0.2) is 22.0 Å². The third-order valence-electron chi connectivity index (χ3n) is 1.58. The summed E-state index contributed by atoms with van der Waals surface area (Å²) in [6.45, 7) is 0. The Kier molecular flexibility index (Phi) is 2.64. The number of aliphatic carboxylic acids is 1. The number of benzene rings is 1. The van der Waals surface area contributed by atoms with Gasteiger partial charge in [0.25, 0.3) is 0 Å². The minimum atomic E-state index is -1.48. The van der Waals surface area contributed by atoms with Crippen molar-refractivity contribution in [3.05, 3.63) is 29.8 Å². The number of hydrogen-bond acceptors (Lipinski definition) is 3. The van der Waals surface area contributed by atoms with Gasteiger partial charge in [-0.1, -0.05) is 18.2 Å². The zero-order valence-electron chi connectivity index (χ0n) is 6.73. The van der Waals surface area contributed by atoms with E-state index in [0.717, 1.165) is 0 Å². The summed E-state index contributed by atoms with van der Waals surface area (Å²) in [7, 11) is 0. The smallest absolute Gasteiger partial charge is 0.372 e. The summed E-state index contributed by atoms with van der Waals surface area (Å²) >= 11 is 0. The van der Waals surface area contributed by atoms with Gasteiger partial charge in [0.1, 0.15) is 5.75 Å². The van der Waals surface area contributed by atoms with Crippen molar-refractivity contribution in [1.82, 2.24) is 0 Å². The summed E-state index contributed by atoms with van der Waals surface area (Å²) in [5, 5.41) is 17.5. The average Bonchev–Trinajstić information content (AvgIpc) is 2.08. The number of para-hydroxylation sites is 1. The first-order valence-electron chi connectivity index (χ1n) is 3.64. The summed E-state index contributed by atoms with van der Waals surface area (Å²) in [6.07, 6.45) is -0.276. The molecule has 0 bridgehead atoms. The Morgan fingerprint density at radius 1 is 1.23 bits per heavy atom. The van der Waals surface area contributed by atoms with Crippen LogP contribution in [0.5, 0.6) is 5.75 Å². The second kappa shape index (κ2) is 3.71. The maximum atomic E-state index is 10.8. The largest absolute Gasteiger partial charge is 0.508 e. The molecule has 4 nitrogen and oxygen atoms in total. The molecule has 0 aliphatic rings. The molecule has 4 heteroatoms. The normalized spacial score (nSPS) is 9.54. The van der Waals surface area contributed by atoms with Crippen molar-refractivity contribution < 1.29 is 19.8 Å². The number of carbonyl (C=O) groups is 2. The monoisotopic (exact) mass is 180 g/mol. The third-order valence-corrected chi connectivity index (χ3v) is 1.58. The molecule has 0 saturated heterocycles. The van der Waals surface area contributed by atoms with E-state index in [-0.39, 0.29) is 12.2 Å². The molecule has 68 valence electrons. The predicted molar refractivity (Wildman–Crippen MR) is 44.5 cm³/mol. The quantitative estimate of drug-likeness (QED) is 0.667. The molecule has 1 rings (SSSR count). The molecule has 0 aromatic heterocycles. The van der Waals surface area contributed by atoms with Gasteiger partial charge in [-0.05, 0) is 6.07 Å². The van der Waals surface area contributed by atoms with Gasteiger partial charge in [0.2, 0.25) is 5.78 Å². The van der Waals surface area contributed by atoms with Crippen LogP contribution in [0.1, 0.15) is 5.56 Å². The maximum absolute atomic E-state index is 10.8. The van der Waals surface area contributed by atoms with Crippen LogP contribution in [0.15, 0.2) is 24.3 Å². The van der Waals surface area contributed by atoms with Gasteiger partial charge in [-0.15, -0.1) is 0 Å². The minimum Gasteiger partial charge on any atom is -0.508 e. The highest BCUT2D eigenvalue weighted by Gasteiger charge is 2.13. The summed E-state index contributed by atoms with van der Waals surface area (Å²) in [5.41, 5.74) is 0.329. The van der Waals surface area contributed by atoms with Crippen LogP contribution >= 0.6 is 0 Å². The number of phenolic OH excluding ortho intramolecular Hbond substituents is 1. The molecule has 2 N–H and O–H groups in total. The van der Waals surface area contributed by atoms with Crippen LogP contribution in [0.2, 0.25) is 0 Å². The number of carboxylic acids is 1. The van der Waals surface area contributed by atoms with Crippen LogP contribution in [0.3, 0.4) is 0 Å². The fourth-order valence-corrected chi connectivity index (χ4v) is 0.909. The van der Waals surface area contributed by atoms with E-state index in [4.69, 9.17) is 5.11 Å². The highest BCUT2D eigenvalue weighted by molar-refractivity contribution is 6.33. The standard InChI is InChI=1S/C9H8O4/c10-7-4-2-1-3-6(7)5-8(11)9(12)13/h1-4,10H,5H2,(H,12,13). The fraction of sp³-hybridized carbons (Fsp3) is 0.111. The Balaban J connectivity index is 2.81. The van der Waals surface area contributed by atoms with Gasteiger partial charge in [-0.25, -0.2) is 4.79 Å². The topological polar surface area (TPSA) is 74.6 Å². The Morgan fingerprint density at radius 2 is 1.85 bits per heavy atom. The molecule has 0 spiro atoms. The van der Waals surface area contributed by atoms with Gasteiger partial charge < -0.3 is 10.2 Å². The molecule has 0 fully saturated rings. The van der Waals surface area contributed by atoms with E-state index >= 15 is 0 Å².